The van der Waals surface area contributed by atoms with Gasteiger partial charge in [-0.1, -0.05) is 17.7 Å². The molecule has 3 rings (SSSR count). The zero-order valence-corrected chi connectivity index (χ0v) is 17.1. The number of amides is 1. The molecule has 0 unspecified atom stereocenters. The number of carbonyl (C=O) groups excluding carboxylic acids is 1. The highest BCUT2D eigenvalue weighted by atomic mass is 32.2. The first-order valence-electron chi connectivity index (χ1n) is 9.60. The van der Waals surface area contributed by atoms with E-state index in [0.717, 1.165) is 24.3 Å². The van der Waals surface area contributed by atoms with Crippen molar-refractivity contribution in [2.75, 3.05) is 23.3 Å². The Kier molecular flexibility index (Phi) is 6.36. The van der Waals surface area contributed by atoms with Gasteiger partial charge in [0.15, 0.2) is 0 Å². The van der Waals surface area contributed by atoms with Crippen LogP contribution in [0.4, 0.5) is 11.4 Å². The molecule has 150 valence electrons. The first-order valence-corrected chi connectivity index (χ1v) is 11.1. The fourth-order valence-corrected chi connectivity index (χ4v) is 4.43. The van der Waals surface area contributed by atoms with E-state index in [9.17, 15) is 13.2 Å². The van der Waals surface area contributed by atoms with Gasteiger partial charge < -0.3 is 10.2 Å². The van der Waals surface area contributed by atoms with Crippen LogP contribution in [0.25, 0.3) is 0 Å². The Morgan fingerprint density at radius 2 is 1.57 bits per heavy atom. The lowest BCUT2D eigenvalue weighted by molar-refractivity contribution is -0.117. The molecule has 0 spiro atoms. The van der Waals surface area contributed by atoms with Crippen molar-refractivity contribution in [3.63, 3.8) is 0 Å². The predicted octanol–water partition coefficient (Wildman–Crippen LogP) is 3.29. The molecule has 0 radical (unpaired) electrons. The predicted molar refractivity (Wildman–Crippen MR) is 112 cm³/mol. The lowest BCUT2D eigenvalue weighted by Gasteiger charge is -2.28. The zero-order valence-electron chi connectivity index (χ0n) is 16.3. The van der Waals surface area contributed by atoms with Gasteiger partial charge in [-0.3, -0.25) is 4.79 Å². The number of piperidine rings is 1. The maximum Gasteiger partial charge on any atom is 0.242 e. The molecule has 2 N–H and O–H groups in total. The third-order valence-corrected chi connectivity index (χ3v) is 6.47. The molecule has 0 aromatic heterocycles. The van der Waals surface area contributed by atoms with Gasteiger partial charge in [0.2, 0.25) is 15.9 Å². The molecule has 28 heavy (non-hydrogen) atoms. The summed E-state index contributed by atoms with van der Waals surface area (Å²) >= 11 is 0. The van der Waals surface area contributed by atoms with Crippen LogP contribution in [0.3, 0.4) is 0 Å². The Morgan fingerprint density at radius 1 is 0.964 bits per heavy atom. The van der Waals surface area contributed by atoms with E-state index in [1.807, 2.05) is 31.2 Å². The van der Waals surface area contributed by atoms with Crippen LogP contribution in [0, 0.1) is 6.92 Å². The molecule has 2 aromatic rings. The van der Waals surface area contributed by atoms with Gasteiger partial charge in [-0.25, -0.2) is 8.42 Å². The van der Waals surface area contributed by atoms with Crippen LogP contribution in [0.5, 0.6) is 0 Å². The van der Waals surface area contributed by atoms with E-state index in [0.29, 0.717) is 5.69 Å². The van der Waals surface area contributed by atoms with Crippen LogP contribution < -0.4 is 14.9 Å². The summed E-state index contributed by atoms with van der Waals surface area (Å²) in [5.41, 5.74) is 2.76. The van der Waals surface area contributed by atoms with Gasteiger partial charge in [0.05, 0.1) is 10.9 Å². The minimum atomic E-state index is -3.75. The number of hydrogen-bond donors (Lipinski definition) is 2. The molecule has 1 aliphatic heterocycles. The topological polar surface area (TPSA) is 78.5 Å². The molecule has 1 saturated heterocycles. The van der Waals surface area contributed by atoms with E-state index in [1.165, 1.54) is 38.3 Å². The molecule has 1 aliphatic rings. The van der Waals surface area contributed by atoms with Crippen molar-refractivity contribution in [3.05, 3.63) is 54.1 Å². The molecule has 0 aliphatic carbocycles. The monoisotopic (exact) mass is 401 g/mol. The number of carbonyl (C=O) groups is 1. The summed E-state index contributed by atoms with van der Waals surface area (Å²) in [5.74, 6) is -0.401. The van der Waals surface area contributed by atoms with Crippen molar-refractivity contribution in [2.24, 2.45) is 0 Å². The molecule has 0 bridgehead atoms. The Hall–Kier alpha value is -2.38. The Labute approximate surface area is 167 Å². The van der Waals surface area contributed by atoms with E-state index in [2.05, 4.69) is 14.9 Å². The number of nitrogens with zero attached hydrogens (tertiary/aromatic N) is 1. The number of aryl methyl sites for hydroxylation is 1. The highest BCUT2D eigenvalue weighted by Crippen LogP contribution is 2.22. The third-order valence-electron chi connectivity index (χ3n) is 4.91. The normalized spacial score (nSPS) is 15.9. The second-order valence-electron chi connectivity index (χ2n) is 7.24. The van der Waals surface area contributed by atoms with E-state index < -0.39 is 22.0 Å². The number of sulfonamides is 1. The zero-order chi connectivity index (χ0) is 20.1. The summed E-state index contributed by atoms with van der Waals surface area (Å²) in [5, 5.41) is 2.77. The van der Waals surface area contributed by atoms with Crippen LogP contribution in [-0.4, -0.2) is 33.5 Å². The Morgan fingerprint density at radius 3 is 2.18 bits per heavy atom. The van der Waals surface area contributed by atoms with Crippen LogP contribution in [0.15, 0.2) is 53.4 Å². The largest absolute Gasteiger partial charge is 0.372 e. The fraction of sp³-hybridized carbons (Fsp3) is 0.381. The van der Waals surface area contributed by atoms with Gasteiger partial charge in [0.1, 0.15) is 0 Å². The van der Waals surface area contributed by atoms with Crippen molar-refractivity contribution in [1.82, 2.24) is 4.72 Å². The number of benzene rings is 2. The molecule has 7 heteroatoms. The molecule has 1 fully saturated rings. The maximum absolute atomic E-state index is 12.4. The molecule has 1 heterocycles. The van der Waals surface area contributed by atoms with Gasteiger partial charge in [0.25, 0.3) is 0 Å². The van der Waals surface area contributed by atoms with Crippen molar-refractivity contribution in [2.45, 2.75) is 44.0 Å². The maximum atomic E-state index is 12.4. The average Bonchev–Trinajstić information content (AvgIpc) is 2.69. The minimum Gasteiger partial charge on any atom is -0.372 e. The summed E-state index contributed by atoms with van der Waals surface area (Å²) in [7, 11) is -3.75. The molecule has 6 nitrogen and oxygen atoms in total. The van der Waals surface area contributed by atoms with Crippen LogP contribution in [-0.2, 0) is 14.8 Å². The Bertz CT molecular complexity index is 903. The molecule has 1 amide bonds. The van der Waals surface area contributed by atoms with Gasteiger partial charge in [0, 0.05) is 24.5 Å². The molecule has 1 atom stereocenters. The summed E-state index contributed by atoms with van der Waals surface area (Å²) in [6, 6.07) is 13.3. The van der Waals surface area contributed by atoms with Crippen molar-refractivity contribution >= 4 is 27.3 Å². The smallest absolute Gasteiger partial charge is 0.242 e. The van der Waals surface area contributed by atoms with Gasteiger partial charge in [-0.05, 0) is 69.5 Å². The minimum absolute atomic E-state index is 0.142. The lowest BCUT2D eigenvalue weighted by atomic mass is 10.1. The SMILES string of the molecule is Cc1ccc(S(=O)(=O)N[C@@H](C)C(=O)Nc2ccc(N3CCCCC3)cc2)cc1. The lowest BCUT2D eigenvalue weighted by Crippen LogP contribution is -2.41. The highest BCUT2D eigenvalue weighted by Gasteiger charge is 2.22. The molecule has 2 aromatic carbocycles. The number of hydrogen-bond acceptors (Lipinski definition) is 4. The van der Waals surface area contributed by atoms with Crippen molar-refractivity contribution in [3.8, 4) is 0 Å². The van der Waals surface area contributed by atoms with Crippen LogP contribution in [0.2, 0.25) is 0 Å². The van der Waals surface area contributed by atoms with Crippen LogP contribution in [0.1, 0.15) is 31.7 Å². The summed E-state index contributed by atoms with van der Waals surface area (Å²) in [4.78, 5) is 14.9. The van der Waals surface area contributed by atoms with Gasteiger partial charge >= 0.3 is 0 Å². The number of anilines is 2. The molecular formula is C21H27N3O3S. The first-order chi connectivity index (χ1) is 13.3. The van der Waals surface area contributed by atoms with Crippen molar-refractivity contribution in [1.29, 1.82) is 0 Å². The summed E-state index contributed by atoms with van der Waals surface area (Å²) in [6.45, 7) is 5.53. The Balaban J connectivity index is 1.59. The van der Waals surface area contributed by atoms with E-state index in [4.69, 9.17) is 0 Å². The fourth-order valence-electron chi connectivity index (χ4n) is 3.23. The van der Waals surface area contributed by atoms with E-state index in [-0.39, 0.29) is 4.90 Å². The van der Waals surface area contributed by atoms with Crippen LogP contribution >= 0.6 is 0 Å². The highest BCUT2D eigenvalue weighted by molar-refractivity contribution is 7.89. The van der Waals surface area contributed by atoms with Gasteiger partial charge in [-0.15, -0.1) is 0 Å². The van der Waals surface area contributed by atoms with Crippen molar-refractivity contribution < 1.29 is 13.2 Å². The standard InChI is InChI=1S/C21H27N3O3S/c1-16-6-12-20(13-7-16)28(26,27)23-17(2)21(25)22-18-8-10-19(11-9-18)24-14-4-3-5-15-24/h6-13,17,23H,3-5,14-15H2,1-2H3,(H,22,25)/t17-/m0/s1. The van der Waals surface area contributed by atoms with Gasteiger partial charge in [-0.2, -0.15) is 4.72 Å². The molecular weight excluding hydrogens is 374 g/mol. The second kappa shape index (κ2) is 8.75. The quantitative estimate of drug-likeness (QED) is 0.779. The van der Waals surface area contributed by atoms with E-state index in [1.54, 1.807) is 12.1 Å². The number of rotatable bonds is 6. The van der Waals surface area contributed by atoms with E-state index >= 15 is 0 Å². The molecule has 0 saturated carbocycles. The number of nitrogens with one attached hydrogen (secondary N) is 2. The summed E-state index contributed by atoms with van der Waals surface area (Å²) < 4.78 is 27.3. The third kappa shape index (κ3) is 5.11. The summed E-state index contributed by atoms with van der Waals surface area (Å²) in [6.07, 6.45) is 3.69. The second-order valence-corrected chi connectivity index (χ2v) is 8.95. The first kappa shape index (κ1) is 20.4. The average molecular weight is 402 g/mol.